The largest absolute Gasteiger partial charge is 0.348 e. The zero-order valence-electron chi connectivity index (χ0n) is 13.7. The maximum Gasteiger partial charge on any atom is 0.261 e. The van der Waals surface area contributed by atoms with Crippen LogP contribution < -0.4 is 10.9 Å². The summed E-state index contributed by atoms with van der Waals surface area (Å²) in [6.45, 7) is 1.89. The van der Waals surface area contributed by atoms with Crippen LogP contribution in [0.4, 0.5) is 4.39 Å². The van der Waals surface area contributed by atoms with Crippen LogP contribution in [0, 0.1) is 17.5 Å². The number of rotatable bonds is 3. The average Bonchev–Trinajstić information content (AvgIpc) is 2.60. The van der Waals surface area contributed by atoms with Crippen LogP contribution in [-0.4, -0.2) is 15.5 Å². The van der Waals surface area contributed by atoms with Gasteiger partial charge in [-0.25, -0.2) is 4.39 Å². The molecular formula is C18H16FN3O2S. The van der Waals surface area contributed by atoms with Gasteiger partial charge in [0.2, 0.25) is 0 Å². The van der Waals surface area contributed by atoms with Gasteiger partial charge in [-0.3, -0.25) is 14.2 Å². The summed E-state index contributed by atoms with van der Waals surface area (Å²) in [4.78, 5) is 27.4. The van der Waals surface area contributed by atoms with Crippen molar-refractivity contribution in [1.29, 1.82) is 0 Å². The first-order valence-corrected chi connectivity index (χ1v) is 8.04. The highest BCUT2D eigenvalue weighted by Gasteiger charge is 2.09. The minimum absolute atomic E-state index is 0.209. The molecule has 0 aliphatic carbocycles. The third-order valence-electron chi connectivity index (χ3n) is 4.05. The van der Waals surface area contributed by atoms with Crippen LogP contribution in [0.15, 0.2) is 41.2 Å². The molecule has 0 aliphatic heterocycles. The van der Waals surface area contributed by atoms with Crippen molar-refractivity contribution < 1.29 is 9.18 Å². The number of carbonyl (C=O) groups excluding carboxylic acids is 1. The number of halogens is 1. The molecule has 3 rings (SSSR count). The molecule has 0 saturated heterocycles. The lowest BCUT2D eigenvalue weighted by Crippen LogP contribution is -2.23. The predicted molar refractivity (Wildman–Crippen MR) is 96.7 cm³/mol. The second-order valence-corrected chi connectivity index (χ2v) is 6.21. The number of amides is 1. The summed E-state index contributed by atoms with van der Waals surface area (Å²) in [5.41, 5.74) is 1.90. The topological polar surface area (TPSA) is 66.9 Å². The highest BCUT2D eigenvalue weighted by Crippen LogP contribution is 2.12. The summed E-state index contributed by atoms with van der Waals surface area (Å²) in [5, 5.41) is 3.19. The molecule has 2 aromatic carbocycles. The van der Waals surface area contributed by atoms with E-state index < -0.39 is 0 Å². The minimum Gasteiger partial charge on any atom is -0.348 e. The third kappa shape index (κ3) is 3.36. The molecular weight excluding hydrogens is 341 g/mol. The van der Waals surface area contributed by atoms with Gasteiger partial charge in [-0.2, -0.15) is 0 Å². The summed E-state index contributed by atoms with van der Waals surface area (Å²) in [6, 6.07) is 9.58. The van der Waals surface area contributed by atoms with E-state index in [1.54, 1.807) is 44.3 Å². The Morgan fingerprint density at radius 3 is 2.76 bits per heavy atom. The molecule has 0 fully saturated rings. The molecule has 2 N–H and O–H groups in total. The Morgan fingerprint density at radius 1 is 1.28 bits per heavy atom. The molecule has 0 spiro atoms. The van der Waals surface area contributed by atoms with Gasteiger partial charge in [0.15, 0.2) is 4.77 Å². The highest BCUT2D eigenvalue weighted by atomic mass is 32.1. The first-order valence-electron chi connectivity index (χ1n) is 7.63. The molecule has 0 saturated carbocycles. The summed E-state index contributed by atoms with van der Waals surface area (Å²) < 4.78 is 15.2. The van der Waals surface area contributed by atoms with Crippen LogP contribution in [0.1, 0.15) is 21.5 Å². The van der Waals surface area contributed by atoms with Crippen molar-refractivity contribution in [1.82, 2.24) is 14.9 Å². The Hall–Kier alpha value is -2.80. The molecule has 1 amide bonds. The first-order chi connectivity index (χ1) is 11.9. The molecule has 0 unspecified atom stereocenters. The summed E-state index contributed by atoms with van der Waals surface area (Å²) in [7, 11) is 1.59. The second kappa shape index (κ2) is 6.60. The van der Waals surface area contributed by atoms with Gasteiger partial charge < -0.3 is 10.3 Å². The number of hydrogen-bond acceptors (Lipinski definition) is 3. The smallest absolute Gasteiger partial charge is 0.261 e. The quantitative estimate of drug-likeness (QED) is 0.708. The Balaban J connectivity index is 1.84. The molecule has 128 valence electrons. The predicted octanol–water partition coefficient (Wildman–Crippen LogP) is 2.97. The summed E-state index contributed by atoms with van der Waals surface area (Å²) in [6.07, 6.45) is 0. The Bertz CT molecular complexity index is 1100. The number of nitrogens with zero attached hydrogens (tertiary/aromatic N) is 1. The van der Waals surface area contributed by atoms with Gasteiger partial charge >= 0.3 is 0 Å². The van der Waals surface area contributed by atoms with Crippen molar-refractivity contribution in [2.45, 2.75) is 13.5 Å². The average molecular weight is 357 g/mol. The molecule has 7 heteroatoms. The lowest BCUT2D eigenvalue weighted by Gasteiger charge is -2.08. The Kier molecular flexibility index (Phi) is 4.50. The molecule has 3 aromatic rings. The van der Waals surface area contributed by atoms with Crippen LogP contribution in [-0.2, 0) is 13.6 Å². The van der Waals surface area contributed by atoms with Gasteiger partial charge in [-0.15, -0.1) is 0 Å². The van der Waals surface area contributed by atoms with Crippen LogP contribution >= 0.6 is 12.2 Å². The van der Waals surface area contributed by atoms with Gasteiger partial charge in [0, 0.05) is 19.2 Å². The van der Waals surface area contributed by atoms with Crippen molar-refractivity contribution >= 4 is 29.0 Å². The van der Waals surface area contributed by atoms with E-state index in [0.717, 1.165) is 0 Å². The number of H-pyrrole nitrogens is 1. The van der Waals surface area contributed by atoms with Gasteiger partial charge in [0.25, 0.3) is 11.5 Å². The van der Waals surface area contributed by atoms with Crippen LogP contribution in [0.3, 0.4) is 0 Å². The number of nitrogens with one attached hydrogen (secondary N) is 2. The van der Waals surface area contributed by atoms with E-state index in [-0.39, 0.29) is 28.6 Å². The van der Waals surface area contributed by atoms with E-state index >= 15 is 0 Å². The van der Waals surface area contributed by atoms with Crippen LogP contribution in [0.25, 0.3) is 10.9 Å². The van der Waals surface area contributed by atoms with E-state index in [9.17, 15) is 14.0 Å². The lowest BCUT2D eigenvalue weighted by molar-refractivity contribution is 0.0951. The molecule has 0 atom stereocenters. The third-order valence-corrected chi connectivity index (χ3v) is 4.43. The fourth-order valence-electron chi connectivity index (χ4n) is 2.48. The summed E-state index contributed by atoms with van der Waals surface area (Å²) in [5.74, 6) is -0.622. The molecule has 0 bridgehead atoms. The molecule has 1 aromatic heterocycles. The molecule has 1 heterocycles. The molecule has 25 heavy (non-hydrogen) atoms. The van der Waals surface area contributed by atoms with E-state index in [1.807, 2.05) is 0 Å². The van der Waals surface area contributed by atoms with Gasteiger partial charge in [-0.1, -0.05) is 12.1 Å². The van der Waals surface area contributed by atoms with E-state index in [2.05, 4.69) is 10.3 Å². The van der Waals surface area contributed by atoms with E-state index in [1.165, 1.54) is 10.6 Å². The second-order valence-electron chi connectivity index (χ2n) is 5.82. The van der Waals surface area contributed by atoms with Crippen molar-refractivity contribution in [2.75, 3.05) is 0 Å². The van der Waals surface area contributed by atoms with Crippen molar-refractivity contribution in [3.63, 3.8) is 0 Å². The first kappa shape index (κ1) is 17.0. The molecule has 5 nitrogen and oxygen atoms in total. The minimum atomic E-state index is -0.317. The SMILES string of the molecule is Cc1ccc(CNC(=O)c2ccc3c(=O)n(C)c(=S)[nH]c3c2)cc1F. The van der Waals surface area contributed by atoms with Crippen molar-refractivity contribution in [2.24, 2.45) is 7.05 Å². The molecule has 0 aliphatic rings. The fourth-order valence-corrected chi connectivity index (χ4v) is 2.67. The number of aromatic nitrogens is 2. The van der Waals surface area contributed by atoms with Gasteiger partial charge in [-0.05, 0) is 54.5 Å². The zero-order chi connectivity index (χ0) is 18.1. The Morgan fingerprint density at radius 2 is 2.04 bits per heavy atom. The van der Waals surface area contributed by atoms with Crippen LogP contribution in [0.2, 0.25) is 0 Å². The maximum absolute atomic E-state index is 13.6. The van der Waals surface area contributed by atoms with Crippen molar-refractivity contribution in [3.05, 3.63) is 74.0 Å². The fraction of sp³-hybridized carbons (Fsp3) is 0.167. The van der Waals surface area contributed by atoms with Gasteiger partial charge in [0.05, 0.1) is 10.9 Å². The van der Waals surface area contributed by atoms with Crippen molar-refractivity contribution in [3.8, 4) is 0 Å². The van der Waals surface area contributed by atoms with Gasteiger partial charge in [0.1, 0.15) is 5.82 Å². The number of carbonyl (C=O) groups is 1. The van der Waals surface area contributed by atoms with Crippen LogP contribution in [0.5, 0.6) is 0 Å². The Labute approximate surface area is 148 Å². The monoisotopic (exact) mass is 357 g/mol. The molecule has 0 radical (unpaired) electrons. The number of aromatic amines is 1. The van der Waals surface area contributed by atoms with E-state index in [4.69, 9.17) is 12.2 Å². The number of hydrogen-bond donors (Lipinski definition) is 2. The van der Waals surface area contributed by atoms with E-state index in [0.29, 0.717) is 27.6 Å². The summed E-state index contributed by atoms with van der Waals surface area (Å²) >= 11 is 5.09. The normalized spacial score (nSPS) is 10.8. The number of fused-ring (bicyclic) bond motifs is 1. The number of benzene rings is 2. The highest BCUT2D eigenvalue weighted by molar-refractivity contribution is 7.71. The zero-order valence-corrected chi connectivity index (χ0v) is 14.5. The number of aryl methyl sites for hydroxylation is 1. The lowest BCUT2D eigenvalue weighted by atomic mass is 10.1. The standard InChI is InChI=1S/C18H16FN3O2S/c1-10-3-4-11(7-14(10)19)9-20-16(23)12-5-6-13-15(8-12)21-18(25)22(2)17(13)24/h3-8H,9H2,1-2H3,(H,20,23)(H,21,25). The maximum atomic E-state index is 13.6.